The van der Waals surface area contributed by atoms with E-state index in [9.17, 15) is 17.6 Å². The predicted molar refractivity (Wildman–Crippen MR) is 129 cm³/mol. The van der Waals surface area contributed by atoms with E-state index in [1.54, 1.807) is 17.0 Å². The van der Waals surface area contributed by atoms with E-state index in [0.29, 0.717) is 18.8 Å². The van der Waals surface area contributed by atoms with E-state index in [1.165, 1.54) is 24.4 Å². The van der Waals surface area contributed by atoms with E-state index in [0.717, 1.165) is 35.2 Å². The Morgan fingerprint density at radius 2 is 1.74 bits per heavy atom. The summed E-state index contributed by atoms with van der Waals surface area (Å²) in [5, 5.41) is 8.13. The van der Waals surface area contributed by atoms with Gasteiger partial charge in [-0.25, -0.2) is 22.9 Å². The molecule has 1 fully saturated rings. The third kappa shape index (κ3) is 5.26. The quantitative estimate of drug-likeness (QED) is 0.566. The SMILES string of the molecule is Cc1ccc(Nc2cc(S(N)(=O)=O)ncc2C(=O)N2CCC(c3ccc(F)cc3)CC2)cc1C. The summed E-state index contributed by atoms with van der Waals surface area (Å²) in [6.45, 7) is 5.02. The van der Waals surface area contributed by atoms with Gasteiger partial charge in [-0.2, -0.15) is 0 Å². The number of nitrogens with two attached hydrogens (primary N) is 1. The molecule has 3 aromatic rings. The van der Waals surface area contributed by atoms with Crippen LogP contribution in [0, 0.1) is 19.7 Å². The number of hydrogen-bond acceptors (Lipinski definition) is 5. The maximum atomic E-state index is 13.4. The standard InChI is InChI=1S/C25H27FN4O3S/c1-16-3-8-21(13-17(16)2)29-23-14-24(34(27,32)33)28-15-22(23)25(31)30-11-9-19(10-12-30)18-4-6-20(26)7-5-18/h3-8,13-15,19H,9-12H2,1-2H3,(H,28,29)(H2,27,32,33). The molecule has 4 rings (SSSR count). The van der Waals surface area contributed by atoms with Gasteiger partial charge in [0.15, 0.2) is 5.03 Å². The van der Waals surface area contributed by atoms with E-state index in [-0.39, 0.29) is 28.2 Å². The average molecular weight is 483 g/mol. The molecule has 1 aliphatic rings. The van der Waals surface area contributed by atoms with Crippen LogP contribution in [0.5, 0.6) is 0 Å². The maximum Gasteiger partial charge on any atom is 0.257 e. The lowest BCUT2D eigenvalue weighted by Crippen LogP contribution is -2.38. The number of nitrogens with zero attached hydrogens (tertiary/aromatic N) is 2. The minimum absolute atomic E-state index is 0.239. The smallest absolute Gasteiger partial charge is 0.257 e. The fourth-order valence-corrected chi connectivity index (χ4v) is 4.64. The largest absolute Gasteiger partial charge is 0.355 e. The van der Waals surface area contributed by atoms with Crippen molar-refractivity contribution in [3.63, 3.8) is 0 Å². The van der Waals surface area contributed by atoms with Gasteiger partial charge in [0, 0.05) is 31.0 Å². The molecule has 1 amide bonds. The summed E-state index contributed by atoms with van der Waals surface area (Å²) < 4.78 is 37.0. The summed E-state index contributed by atoms with van der Waals surface area (Å²) in [5.41, 5.74) is 4.55. The summed E-state index contributed by atoms with van der Waals surface area (Å²) >= 11 is 0. The number of benzene rings is 2. The van der Waals surface area contributed by atoms with Crippen LogP contribution in [0.4, 0.5) is 15.8 Å². The Kier molecular flexibility index (Phi) is 6.67. The monoisotopic (exact) mass is 482 g/mol. The van der Waals surface area contributed by atoms with Gasteiger partial charge in [0.25, 0.3) is 15.9 Å². The van der Waals surface area contributed by atoms with Crippen LogP contribution in [0.3, 0.4) is 0 Å². The molecule has 0 unspecified atom stereocenters. The fraction of sp³-hybridized carbons (Fsp3) is 0.280. The number of rotatable bonds is 5. The van der Waals surface area contributed by atoms with E-state index in [2.05, 4.69) is 10.3 Å². The van der Waals surface area contributed by atoms with Crippen LogP contribution in [-0.2, 0) is 10.0 Å². The molecule has 0 atom stereocenters. The molecule has 0 radical (unpaired) electrons. The topological polar surface area (TPSA) is 105 Å². The molecule has 9 heteroatoms. The van der Waals surface area contributed by atoms with Crippen molar-refractivity contribution in [2.75, 3.05) is 18.4 Å². The van der Waals surface area contributed by atoms with Crippen molar-refractivity contribution in [1.82, 2.24) is 9.88 Å². The van der Waals surface area contributed by atoms with Crippen molar-refractivity contribution in [3.8, 4) is 0 Å². The van der Waals surface area contributed by atoms with E-state index < -0.39 is 10.0 Å². The lowest BCUT2D eigenvalue weighted by molar-refractivity contribution is 0.0713. The molecule has 1 aromatic heterocycles. The fourth-order valence-electron chi connectivity index (χ4n) is 4.16. The molecule has 34 heavy (non-hydrogen) atoms. The summed E-state index contributed by atoms with van der Waals surface area (Å²) in [5.74, 6) is -0.256. The number of likely N-dealkylation sites (tertiary alicyclic amines) is 1. The van der Waals surface area contributed by atoms with Crippen LogP contribution < -0.4 is 10.5 Å². The van der Waals surface area contributed by atoms with Crippen LogP contribution in [0.1, 0.15) is 45.8 Å². The van der Waals surface area contributed by atoms with Crippen molar-refractivity contribution in [1.29, 1.82) is 0 Å². The summed E-state index contributed by atoms with van der Waals surface area (Å²) in [4.78, 5) is 19.1. The van der Waals surface area contributed by atoms with Crippen molar-refractivity contribution in [2.45, 2.75) is 37.6 Å². The Labute approximate surface area is 198 Å². The molecule has 0 aliphatic carbocycles. The summed E-state index contributed by atoms with van der Waals surface area (Å²) in [6, 6.07) is 13.5. The number of anilines is 2. The molecule has 2 aromatic carbocycles. The molecule has 0 spiro atoms. The van der Waals surface area contributed by atoms with Crippen LogP contribution >= 0.6 is 0 Å². The third-order valence-electron chi connectivity index (χ3n) is 6.31. The zero-order chi connectivity index (χ0) is 24.5. The van der Waals surface area contributed by atoms with E-state index >= 15 is 0 Å². The predicted octanol–water partition coefficient (Wildman–Crippen LogP) is 4.25. The Balaban J connectivity index is 1.58. The van der Waals surface area contributed by atoms with Crippen LogP contribution in [0.15, 0.2) is 59.8 Å². The molecule has 178 valence electrons. The Morgan fingerprint density at radius 3 is 2.35 bits per heavy atom. The van der Waals surface area contributed by atoms with Gasteiger partial charge in [-0.15, -0.1) is 0 Å². The lowest BCUT2D eigenvalue weighted by Gasteiger charge is -2.32. The van der Waals surface area contributed by atoms with Gasteiger partial charge in [0.05, 0.1) is 11.3 Å². The average Bonchev–Trinajstić information content (AvgIpc) is 2.81. The van der Waals surface area contributed by atoms with Crippen molar-refractivity contribution >= 4 is 27.3 Å². The number of nitrogens with one attached hydrogen (secondary N) is 1. The zero-order valence-corrected chi connectivity index (χ0v) is 19.9. The van der Waals surface area contributed by atoms with Gasteiger partial charge in [0.2, 0.25) is 0 Å². The highest BCUT2D eigenvalue weighted by atomic mass is 32.2. The van der Waals surface area contributed by atoms with Crippen LogP contribution in [-0.4, -0.2) is 37.3 Å². The second kappa shape index (κ2) is 9.52. The minimum atomic E-state index is -4.04. The van der Waals surface area contributed by atoms with Crippen molar-refractivity contribution in [3.05, 3.63) is 82.8 Å². The number of aryl methyl sites for hydroxylation is 2. The van der Waals surface area contributed by atoms with Gasteiger partial charge in [-0.1, -0.05) is 18.2 Å². The second-order valence-corrected chi connectivity index (χ2v) is 10.2. The molecule has 1 aliphatic heterocycles. The second-order valence-electron chi connectivity index (χ2n) is 8.66. The number of pyridine rings is 1. The first-order valence-corrected chi connectivity index (χ1v) is 12.6. The van der Waals surface area contributed by atoms with Gasteiger partial charge in [-0.3, -0.25) is 4.79 Å². The van der Waals surface area contributed by atoms with Gasteiger partial charge in [-0.05, 0) is 73.6 Å². The van der Waals surface area contributed by atoms with Crippen LogP contribution in [0.2, 0.25) is 0 Å². The van der Waals surface area contributed by atoms with Crippen molar-refractivity contribution in [2.24, 2.45) is 5.14 Å². The number of amides is 1. The third-order valence-corrected chi connectivity index (χ3v) is 7.12. The number of carbonyl (C=O) groups is 1. The zero-order valence-electron chi connectivity index (χ0n) is 19.1. The van der Waals surface area contributed by atoms with Crippen LogP contribution in [0.25, 0.3) is 0 Å². The highest BCUT2D eigenvalue weighted by Crippen LogP contribution is 2.31. The van der Waals surface area contributed by atoms with Gasteiger partial charge in [0.1, 0.15) is 5.82 Å². The number of sulfonamides is 1. The number of piperidine rings is 1. The number of aromatic nitrogens is 1. The molecule has 2 heterocycles. The number of primary sulfonamides is 1. The highest BCUT2D eigenvalue weighted by molar-refractivity contribution is 7.89. The van der Waals surface area contributed by atoms with Gasteiger partial charge < -0.3 is 10.2 Å². The molecule has 0 bridgehead atoms. The maximum absolute atomic E-state index is 13.4. The molecule has 7 nitrogen and oxygen atoms in total. The van der Waals surface area contributed by atoms with E-state index in [1.807, 2.05) is 32.0 Å². The lowest BCUT2D eigenvalue weighted by atomic mass is 9.89. The molecule has 1 saturated heterocycles. The first-order valence-electron chi connectivity index (χ1n) is 11.0. The normalized spacial score (nSPS) is 14.8. The number of carbonyl (C=O) groups excluding carboxylic acids is 1. The Bertz CT molecular complexity index is 1320. The number of hydrogen-bond donors (Lipinski definition) is 2. The summed E-state index contributed by atoms with van der Waals surface area (Å²) in [7, 11) is -4.04. The Hall–Kier alpha value is -3.30. The first kappa shape index (κ1) is 23.8. The molecule has 3 N–H and O–H groups in total. The molecular formula is C25H27FN4O3S. The Morgan fingerprint density at radius 1 is 1.06 bits per heavy atom. The highest BCUT2D eigenvalue weighted by Gasteiger charge is 2.27. The molecular weight excluding hydrogens is 455 g/mol. The minimum Gasteiger partial charge on any atom is -0.355 e. The van der Waals surface area contributed by atoms with E-state index in [4.69, 9.17) is 5.14 Å². The van der Waals surface area contributed by atoms with Crippen molar-refractivity contribution < 1.29 is 17.6 Å². The first-order chi connectivity index (χ1) is 16.1. The molecule has 0 saturated carbocycles. The summed E-state index contributed by atoms with van der Waals surface area (Å²) in [6.07, 6.45) is 2.76. The van der Waals surface area contributed by atoms with Gasteiger partial charge >= 0.3 is 0 Å². The number of halogens is 1.